The zero-order valence-electron chi connectivity index (χ0n) is 12.0. The van der Waals surface area contributed by atoms with E-state index in [1.807, 2.05) is 0 Å². The van der Waals surface area contributed by atoms with Crippen molar-refractivity contribution in [3.63, 3.8) is 0 Å². The van der Waals surface area contributed by atoms with Gasteiger partial charge < -0.3 is 9.84 Å². The third-order valence-electron chi connectivity index (χ3n) is 3.32. The minimum atomic E-state index is -4.06. The Kier molecular flexibility index (Phi) is 5.27. The van der Waals surface area contributed by atoms with Gasteiger partial charge >= 0.3 is 12.1 Å². The quantitative estimate of drug-likeness (QED) is 0.751. The van der Waals surface area contributed by atoms with Crippen LogP contribution in [0, 0.1) is 0 Å². The summed E-state index contributed by atoms with van der Waals surface area (Å²) in [4.78, 5) is 23.7. The first-order valence-electron chi connectivity index (χ1n) is 6.51. The number of aliphatic carboxylic acids is 1. The van der Waals surface area contributed by atoms with Gasteiger partial charge in [0.15, 0.2) is 0 Å². The number of ether oxygens (including phenoxy) is 1. The van der Waals surface area contributed by atoms with Crippen LogP contribution in [0.4, 0.5) is 4.79 Å². The summed E-state index contributed by atoms with van der Waals surface area (Å²) in [5, 5.41) is 9.13. The summed E-state index contributed by atoms with van der Waals surface area (Å²) in [6.45, 7) is -0.181. The lowest BCUT2D eigenvalue weighted by Crippen LogP contribution is -2.40. The Hall–Kier alpha value is -1.65. The number of benzene rings is 1. The molecule has 0 spiro atoms. The summed E-state index contributed by atoms with van der Waals surface area (Å²) < 4.78 is 34.7. The average Bonchev–Trinajstić information content (AvgIpc) is 2.90. The molecule has 1 N–H and O–H groups in total. The monoisotopic (exact) mass is 407 g/mol. The Bertz CT molecular complexity index is 704. The largest absolute Gasteiger partial charge is 0.480 e. The van der Waals surface area contributed by atoms with E-state index in [0.29, 0.717) is 4.47 Å². The van der Waals surface area contributed by atoms with Crippen LogP contribution in [0.2, 0.25) is 0 Å². The van der Waals surface area contributed by atoms with Crippen molar-refractivity contribution in [2.24, 2.45) is 0 Å². The molecular weight excluding hydrogens is 394 g/mol. The molecule has 1 aromatic rings. The highest BCUT2D eigenvalue weighted by Gasteiger charge is 2.42. The van der Waals surface area contributed by atoms with Gasteiger partial charge in [0.25, 0.3) is 10.1 Å². The molecule has 1 aromatic carbocycles. The number of likely N-dealkylation sites (tertiary alicyclic amines) is 1. The molecule has 0 aromatic heterocycles. The van der Waals surface area contributed by atoms with Crippen LogP contribution in [-0.4, -0.2) is 56.3 Å². The standard InChI is InChI=1S/C13H14BrNO7S/c1-21-13(18)15-7-9(6-11(15)12(16)17)22-23(19,20)10-4-2-8(14)3-5-10/h2-5,9,11H,6-7H2,1H3,(H,16,17)/t9-,11-/m0/s1. The molecule has 1 aliphatic heterocycles. The van der Waals surface area contributed by atoms with Crippen LogP contribution >= 0.6 is 15.9 Å². The molecule has 1 aliphatic rings. The number of carboxylic acids is 1. The van der Waals surface area contributed by atoms with Crippen molar-refractivity contribution in [2.45, 2.75) is 23.5 Å². The SMILES string of the molecule is COC(=O)N1C[C@@H](OS(=O)(=O)c2ccc(Br)cc2)C[C@H]1C(=O)O. The van der Waals surface area contributed by atoms with Gasteiger partial charge in [0.1, 0.15) is 6.04 Å². The summed E-state index contributed by atoms with van der Waals surface area (Å²) in [7, 11) is -2.94. The normalized spacial score (nSPS) is 21.2. The highest BCUT2D eigenvalue weighted by molar-refractivity contribution is 9.10. The number of methoxy groups -OCH3 is 1. The van der Waals surface area contributed by atoms with Gasteiger partial charge in [0, 0.05) is 10.9 Å². The van der Waals surface area contributed by atoms with Crippen molar-refractivity contribution in [3.8, 4) is 0 Å². The number of carboxylic acid groups (broad SMARTS) is 1. The van der Waals surface area contributed by atoms with Crippen molar-refractivity contribution in [1.82, 2.24) is 4.90 Å². The zero-order valence-corrected chi connectivity index (χ0v) is 14.4. The van der Waals surface area contributed by atoms with Crippen LogP contribution in [0.3, 0.4) is 0 Å². The average molecular weight is 408 g/mol. The third-order valence-corrected chi connectivity index (χ3v) is 5.23. The number of hydrogen-bond acceptors (Lipinski definition) is 6. The van der Waals surface area contributed by atoms with Gasteiger partial charge in [-0.25, -0.2) is 9.59 Å². The summed E-state index contributed by atoms with van der Waals surface area (Å²) in [5.74, 6) is -1.25. The van der Waals surface area contributed by atoms with Gasteiger partial charge in [-0.1, -0.05) is 15.9 Å². The van der Waals surface area contributed by atoms with E-state index in [2.05, 4.69) is 20.7 Å². The maximum Gasteiger partial charge on any atom is 0.410 e. The van der Waals surface area contributed by atoms with Crippen LogP contribution in [0.25, 0.3) is 0 Å². The number of halogens is 1. The molecule has 0 saturated carbocycles. The van der Waals surface area contributed by atoms with E-state index in [4.69, 9.17) is 9.29 Å². The van der Waals surface area contributed by atoms with Crippen LogP contribution in [-0.2, 0) is 23.8 Å². The lowest BCUT2D eigenvalue weighted by molar-refractivity contribution is -0.141. The summed E-state index contributed by atoms with van der Waals surface area (Å²) >= 11 is 3.20. The fraction of sp³-hybridized carbons (Fsp3) is 0.385. The predicted octanol–water partition coefficient (Wildman–Crippen LogP) is 1.45. The predicted molar refractivity (Wildman–Crippen MR) is 81.4 cm³/mol. The molecule has 1 fully saturated rings. The maximum atomic E-state index is 12.2. The fourth-order valence-electron chi connectivity index (χ4n) is 2.26. The fourth-order valence-corrected chi connectivity index (χ4v) is 3.60. The number of hydrogen-bond donors (Lipinski definition) is 1. The van der Waals surface area contributed by atoms with E-state index in [9.17, 15) is 18.0 Å². The molecule has 0 bridgehead atoms. The molecule has 2 atom stereocenters. The van der Waals surface area contributed by atoms with E-state index in [-0.39, 0.29) is 17.9 Å². The van der Waals surface area contributed by atoms with Crippen molar-refractivity contribution >= 4 is 38.1 Å². The van der Waals surface area contributed by atoms with Gasteiger partial charge in [-0.05, 0) is 24.3 Å². The van der Waals surface area contributed by atoms with E-state index in [1.54, 1.807) is 12.1 Å². The van der Waals surface area contributed by atoms with Gasteiger partial charge in [-0.3, -0.25) is 9.08 Å². The summed E-state index contributed by atoms with van der Waals surface area (Å²) in [6, 6.07) is 4.63. The first-order chi connectivity index (χ1) is 10.7. The molecule has 2 rings (SSSR count). The molecule has 0 aliphatic carbocycles. The summed E-state index contributed by atoms with van der Waals surface area (Å²) in [5.41, 5.74) is 0. The van der Waals surface area contributed by atoms with Crippen LogP contribution in [0.5, 0.6) is 0 Å². The Morgan fingerprint density at radius 3 is 2.43 bits per heavy atom. The molecule has 1 saturated heterocycles. The third kappa shape index (κ3) is 4.01. The minimum absolute atomic E-state index is 0.0518. The Labute approximate surface area is 141 Å². The highest BCUT2D eigenvalue weighted by Crippen LogP contribution is 2.25. The number of carbonyl (C=O) groups is 2. The lowest BCUT2D eigenvalue weighted by atomic mass is 10.2. The number of nitrogens with zero attached hydrogens (tertiary/aromatic N) is 1. The molecule has 0 radical (unpaired) electrons. The second-order valence-corrected chi connectivity index (χ2v) is 7.33. The zero-order chi connectivity index (χ0) is 17.2. The van der Waals surface area contributed by atoms with Crippen LogP contribution in [0.1, 0.15) is 6.42 Å². The van der Waals surface area contributed by atoms with E-state index >= 15 is 0 Å². The van der Waals surface area contributed by atoms with E-state index in [1.165, 1.54) is 12.1 Å². The smallest absolute Gasteiger partial charge is 0.410 e. The molecular formula is C13H14BrNO7S. The number of carbonyl (C=O) groups excluding carboxylic acids is 1. The molecule has 8 nitrogen and oxygen atoms in total. The molecule has 126 valence electrons. The molecule has 1 amide bonds. The second-order valence-electron chi connectivity index (χ2n) is 4.84. The van der Waals surface area contributed by atoms with Gasteiger partial charge in [0.05, 0.1) is 24.7 Å². The van der Waals surface area contributed by atoms with Gasteiger partial charge in [0.2, 0.25) is 0 Å². The molecule has 10 heteroatoms. The second kappa shape index (κ2) is 6.85. The lowest BCUT2D eigenvalue weighted by Gasteiger charge is -2.19. The van der Waals surface area contributed by atoms with Crippen molar-refractivity contribution in [2.75, 3.05) is 13.7 Å². The highest BCUT2D eigenvalue weighted by atomic mass is 79.9. The van der Waals surface area contributed by atoms with Crippen molar-refractivity contribution in [3.05, 3.63) is 28.7 Å². The maximum absolute atomic E-state index is 12.2. The Morgan fingerprint density at radius 2 is 1.91 bits per heavy atom. The topological polar surface area (TPSA) is 110 Å². The van der Waals surface area contributed by atoms with Crippen molar-refractivity contribution < 1.29 is 32.0 Å². The van der Waals surface area contributed by atoms with Crippen LogP contribution in [0.15, 0.2) is 33.6 Å². The first-order valence-corrected chi connectivity index (χ1v) is 8.71. The molecule has 23 heavy (non-hydrogen) atoms. The Balaban J connectivity index is 2.15. The van der Waals surface area contributed by atoms with Crippen molar-refractivity contribution in [1.29, 1.82) is 0 Å². The minimum Gasteiger partial charge on any atom is -0.480 e. The first kappa shape index (κ1) is 17.7. The molecule has 1 heterocycles. The van der Waals surface area contributed by atoms with Gasteiger partial charge in [-0.15, -0.1) is 0 Å². The number of amides is 1. The Morgan fingerprint density at radius 1 is 1.30 bits per heavy atom. The van der Waals surface area contributed by atoms with E-state index in [0.717, 1.165) is 12.0 Å². The summed E-state index contributed by atoms with van der Waals surface area (Å²) in [6.07, 6.45) is -1.94. The van der Waals surface area contributed by atoms with Crippen LogP contribution < -0.4 is 0 Å². The van der Waals surface area contributed by atoms with Gasteiger partial charge in [-0.2, -0.15) is 8.42 Å². The van der Waals surface area contributed by atoms with E-state index < -0.39 is 34.3 Å². The number of rotatable bonds is 4. The molecule has 0 unspecified atom stereocenters.